The Morgan fingerprint density at radius 1 is 1.56 bits per heavy atom. The Morgan fingerprint density at radius 2 is 2.17 bits per heavy atom. The molecule has 0 saturated heterocycles. The molecular weight excluding hydrogens is 259 g/mol. The Kier molecular flexibility index (Phi) is 8.06. The number of carbonyl (C=O) groups excluding carboxylic acids is 1. The van der Waals surface area contributed by atoms with E-state index in [0.717, 1.165) is 0 Å². The van der Waals surface area contributed by atoms with E-state index in [4.69, 9.17) is 20.3 Å². The zero-order valence-electron chi connectivity index (χ0n) is 10.6. The topological polar surface area (TPSA) is 122 Å². The minimum absolute atomic E-state index is 0.213. The minimum Gasteiger partial charge on any atom is -0.465 e. The van der Waals surface area contributed by atoms with Crippen LogP contribution < -0.4 is 11.1 Å². The van der Waals surface area contributed by atoms with Crippen molar-refractivity contribution < 1.29 is 23.9 Å². The Labute approximate surface area is 107 Å². The molecule has 8 heteroatoms. The summed E-state index contributed by atoms with van der Waals surface area (Å²) < 4.78 is 15.7. The first-order chi connectivity index (χ1) is 8.30. The van der Waals surface area contributed by atoms with E-state index in [0.29, 0.717) is 18.5 Å². The third-order valence-corrected chi connectivity index (χ3v) is 2.90. The van der Waals surface area contributed by atoms with E-state index in [1.54, 1.807) is 14.0 Å². The summed E-state index contributed by atoms with van der Waals surface area (Å²) in [5, 5.41) is 2.86. The van der Waals surface area contributed by atoms with Crippen molar-refractivity contribution in [2.75, 3.05) is 26.4 Å². The predicted molar refractivity (Wildman–Crippen MR) is 68.1 cm³/mol. The second-order valence-corrected chi connectivity index (χ2v) is 5.42. The van der Waals surface area contributed by atoms with Gasteiger partial charge < -0.3 is 25.6 Å². The number of hydrogen-bond donors (Lipinski definition) is 4. The largest absolute Gasteiger partial charge is 0.465 e. The van der Waals surface area contributed by atoms with Crippen molar-refractivity contribution in [3.8, 4) is 0 Å². The quantitative estimate of drug-likeness (QED) is 0.271. The molecule has 5 N–H and O–H groups in total. The van der Waals surface area contributed by atoms with E-state index >= 15 is 0 Å². The summed E-state index contributed by atoms with van der Waals surface area (Å²) >= 11 is 0. The van der Waals surface area contributed by atoms with E-state index < -0.39 is 25.8 Å². The molecule has 1 atom stereocenters. The summed E-state index contributed by atoms with van der Waals surface area (Å²) in [4.78, 5) is 29.2. The van der Waals surface area contributed by atoms with Crippen molar-refractivity contribution in [3.63, 3.8) is 0 Å². The molecule has 0 rings (SSSR count). The summed E-state index contributed by atoms with van der Waals surface area (Å²) in [7, 11) is -2.45. The van der Waals surface area contributed by atoms with Gasteiger partial charge in [-0.25, -0.2) is 0 Å². The van der Waals surface area contributed by atoms with Crippen LogP contribution in [-0.4, -0.2) is 48.2 Å². The Balaban J connectivity index is 4.71. The first-order valence-corrected chi connectivity index (χ1v) is 7.41. The number of rotatable bonds is 8. The van der Waals surface area contributed by atoms with Crippen LogP contribution in [0.25, 0.3) is 0 Å². The first kappa shape index (κ1) is 17.3. The van der Waals surface area contributed by atoms with Gasteiger partial charge in [-0.3, -0.25) is 9.36 Å². The minimum atomic E-state index is -4.17. The van der Waals surface area contributed by atoms with Gasteiger partial charge in [0.2, 0.25) is 0 Å². The van der Waals surface area contributed by atoms with Crippen LogP contribution in [0.2, 0.25) is 0 Å². The summed E-state index contributed by atoms with van der Waals surface area (Å²) in [6.45, 7) is 2.41. The molecule has 0 aliphatic heterocycles. The van der Waals surface area contributed by atoms with Gasteiger partial charge in [0.25, 0.3) is 0 Å². The van der Waals surface area contributed by atoms with Crippen molar-refractivity contribution >= 4 is 13.6 Å². The molecule has 0 heterocycles. The average Bonchev–Trinajstić information content (AvgIpc) is 2.24. The molecule has 7 nitrogen and oxygen atoms in total. The third-order valence-electron chi connectivity index (χ3n) is 2.08. The van der Waals surface area contributed by atoms with Crippen LogP contribution in [0.3, 0.4) is 0 Å². The molecule has 0 aliphatic rings. The second kappa shape index (κ2) is 8.39. The van der Waals surface area contributed by atoms with E-state index in [1.165, 1.54) is 6.08 Å². The Bertz CT molecular complexity index is 339. The van der Waals surface area contributed by atoms with Crippen LogP contribution in [0, 0.1) is 0 Å². The molecule has 0 amide bonds. The fourth-order valence-corrected chi connectivity index (χ4v) is 2.12. The molecule has 1 unspecified atom stereocenters. The number of esters is 1. The monoisotopic (exact) mass is 280 g/mol. The highest BCUT2D eigenvalue weighted by atomic mass is 31.2. The maximum Gasteiger partial charge on any atom is 0.329 e. The lowest BCUT2D eigenvalue weighted by atomic mass is 10.1. The van der Waals surface area contributed by atoms with Crippen LogP contribution in [0.5, 0.6) is 0 Å². The van der Waals surface area contributed by atoms with Crippen molar-refractivity contribution in [1.29, 1.82) is 0 Å². The molecule has 0 aromatic rings. The molecule has 18 heavy (non-hydrogen) atoms. The highest BCUT2D eigenvalue weighted by Crippen LogP contribution is 2.37. The van der Waals surface area contributed by atoms with Crippen LogP contribution in [0.1, 0.15) is 13.3 Å². The van der Waals surface area contributed by atoms with Gasteiger partial charge in [-0.2, -0.15) is 0 Å². The van der Waals surface area contributed by atoms with E-state index in [1.807, 2.05) is 0 Å². The maximum absolute atomic E-state index is 11.3. The zero-order chi connectivity index (χ0) is 14.2. The zero-order valence-corrected chi connectivity index (χ0v) is 11.5. The third kappa shape index (κ3) is 8.38. The molecule has 0 aromatic heterocycles. The van der Waals surface area contributed by atoms with Gasteiger partial charge in [-0.05, 0) is 26.9 Å². The highest BCUT2D eigenvalue weighted by molar-refractivity contribution is 7.52. The van der Waals surface area contributed by atoms with Gasteiger partial charge in [0, 0.05) is 0 Å². The summed E-state index contributed by atoms with van der Waals surface area (Å²) in [6, 6.07) is -0.997. The number of nitrogens with one attached hydrogen (secondary N) is 1. The number of carbonyl (C=O) groups is 1. The normalized spacial score (nSPS) is 14.4. The molecular formula is C10H21N2O5P. The van der Waals surface area contributed by atoms with Gasteiger partial charge in [-0.1, -0.05) is 11.6 Å². The molecule has 0 aromatic carbocycles. The van der Waals surface area contributed by atoms with Crippen molar-refractivity contribution in [2.45, 2.75) is 19.4 Å². The fourth-order valence-electron chi connectivity index (χ4n) is 1.33. The lowest BCUT2D eigenvalue weighted by Crippen LogP contribution is -2.31. The SMILES string of the molecule is CCOC(=O)C(N)C=C(CCNC)CP(=O)(O)O. The van der Waals surface area contributed by atoms with E-state index in [-0.39, 0.29) is 6.61 Å². The Morgan fingerprint density at radius 3 is 2.61 bits per heavy atom. The molecule has 0 saturated carbocycles. The predicted octanol–water partition coefficient (Wildman–Crippen LogP) is -0.410. The summed E-state index contributed by atoms with van der Waals surface area (Å²) in [5.41, 5.74) is 6.01. The average molecular weight is 280 g/mol. The second-order valence-electron chi connectivity index (χ2n) is 3.78. The van der Waals surface area contributed by atoms with Crippen molar-refractivity contribution in [3.05, 3.63) is 11.6 Å². The highest BCUT2D eigenvalue weighted by Gasteiger charge is 2.19. The molecule has 0 radical (unpaired) electrons. The standard InChI is InChI=1S/C10H21N2O5P/c1-3-17-10(13)9(11)6-8(4-5-12-2)7-18(14,15)16/h6,9,12H,3-5,7,11H2,1-2H3,(H2,14,15,16). The molecule has 0 spiro atoms. The van der Waals surface area contributed by atoms with Gasteiger partial charge in [0.1, 0.15) is 6.04 Å². The van der Waals surface area contributed by atoms with Crippen LogP contribution in [-0.2, 0) is 14.1 Å². The summed E-state index contributed by atoms with van der Waals surface area (Å²) in [6.07, 6.45) is 1.37. The van der Waals surface area contributed by atoms with Crippen LogP contribution >= 0.6 is 7.60 Å². The number of ether oxygens (including phenoxy) is 1. The lowest BCUT2D eigenvalue weighted by Gasteiger charge is -2.12. The molecule has 0 fully saturated rings. The number of hydrogen-bond acceptors (Lipinski definition) is 5. The first-order valence-electron chi connectivity index (χ1n) is 5.61. The van der Waals surface area contributed by atoms with Crippen LogP contribution in [0.15, 0.2) is 11.6 Å². The Hall–Kier alpha value is -0.720. The number of nitrogens with two attached hydrogens (primary N) is 1. The maximum atomic E-state index is 11.3. The molecule has 0 bridgehead atoms. The van der Waals surface area contributed by atoms with Crippen molar-refractivity contribution in [2.24, 2.45) is 5.73 Å². The van der Waals surface area contributed by atoms with Gasteiger partial charge in [0.15, 0.2) is 0 Å². The molecule has 106 valence electrons. The van der Waals surface area contributed by atoms with Crippen LogP contribution in [0.4, 0.5) is 0 Å². The fraction of sp³-hybridized carbons (Fsp3) is 0.700. The lowest BCUT2D eigenvalue weighted by molar-refractivity contribution is -0.143. The van der Waals surface area contributed by atoms with E-state index in [9.17, 15) is 9.36 Å². The van der Waals surface area contributed by atoms with Crippen molar-refractivity contribution in [1.82, 2.24) is 5.32 Å². The smallest absolute Gasteiger partial charge is 0.329 e. The van der Waals surface area contributed by atoms with E-state index in [2.05, 4.69) is 5.32 Å². The molecule has 0 aliphatic carbocycles. The van der Waals surface area contributed by atoms with Gasteiger partial charge >= 0.3 is 13.6 Å². The van der Waals surface area contributed by atoms with Gasteiger partial charge in [0.05, 0.1) is 12.8 Å². The summed E-state index contributed by atoms with van der Waals surface area (Å²) in [5.74, 6) is -0.606. The van der Waals surface area contributed by atoms with Gasteiger partial charge in [-0.15, -0.1) is 0 Å².